The molecule has 6 nitrogen and oxygen atoms in total. The monoisotopic (exact) mass is 415 g/mol. The van der Waals surface area contributed by atoms with Crippen molar-refractivity contribution in [2.45, 2.75) is 25.4 Å². The molecule has 0 aliphatic carbocycles. The van der Waals surface area contributed by atoms with Crippen LogP contribution in [0.2, 0.25) is 5.02 Å². The SMILES string of the molecule is O=C(Nc1cccc(Cl)c1)c1ccc(N2CCC(OCC3CCOC3)CC2)nc1. The highest BCUT2D eigenvalue weighted by Crippen LogP contribution is 2.22. The zero-order chi connectivity index (χ0) is 20.1. The predicted octanol–water partition coefficient (Wildman–Crippen LogP) is 4.01. The van der Waals surface area contributed by atoms with Crippen molar-refractivity contribution >= 4 is 29.0 Å². The highest BCUT2D eigenvalue weighted by molar-refractivity contribution is 6.30. The Bertz CT molecular complexity index is 816. The van der Waals surface area contributed by atoms with E-state index in [9.17, 15) is 4.79 Å². The average molecular weight is 416 g/mol. The van der Waals surface area contributed by atoms with Gasteiger partial charge in [-0.1, -0.05) is 17.7 Å². The molecule has 2 aliphatic rings. The number of benzene rings is 1. The summed E-state index contributed by atoms with van der Waals surface area (Å²) in [5, 5.41) is 3.42. The van der Waals surface area contributed by atoms with Gasteiger partial charge in [-0.3, -0.25) is 4.79 Å². The molecule has 2 aromatic rings. The van der Waals surface area contributed by atoms with Crippen LogP contribution < -0.4 is 10.2 Å². The van der Waals surface area contributed by atoms with Gasteiger partial charge in [0.1, 0.15) is 5.82 Å². The van der Waals surface area contributed by atoms with Crippen LogP contribution in [0.25, 0.3) is 0 Å². The molecule has 0 bridgehead atoms. The average Bonchev–Trinajstić information content (AvgIpc) is 3.26. The number of anilines is 2. The Balaban J connectivity index is 1.26. The maximum atomic E-state index is 12.4. The number of piperidine rings is 1. The van der Waals surface area contributed by atoms with Gasteiger partial charge in [0.15, 0.2) is 0 Å². The van der Waals surface area contributed by atoms with Gasteiger partial charge in [0.2, 0.25) is 0 Å². The number of hydrogen-bond donors (Lipinski definition) is 1. The molecular formula is C22H26ClN3O3. The summed E-state index contributed by atoms with van der Waals surface area (Å²) >= 11 is 5.96. The second kappa shape index (κ2) is 9.57. The van der Waals surface area contributed by atoms with E-state index in [1.165, 1.54) is 0 Å². The number of nitrogens with one attached hydrogen (secondary N) is 1. The zero-order valence-electron chi connectivity index (χ0n) is 16.4. The minimum Gasteiger partial charge on any atom is -0.381 e. The van der Waals surface area contributed by atoms with Crippen LogP contribution in [-0.4, -0.2) is 49.9 Å². The van der Waals surface area contributed by atoms with Crippen molar-refractivity contribution in [1.29, 1.82) is 0 Å². The van der Waals surface area contributed by atoms with E-state index in [1.807, 2.05) is 12.1 Å². The Morgan fingerprint density at radius 3 is 2.79 bits per heavy atom. The Kier molecular flexibility index (Phi) is 6.64. The number of amides is 1. The minimum atomic E-state index is -0.200. The van der Waals surface area contributed by atoms with Crippen molar-refractivity contribution in [3.8, 4) is 0 Å². The summed E-state index contributed by atoms with van der Waals surface area (Å²) in [7, 11) is 0. The summed E-state index contributed by atoms with van der Waals surface area (Å²) in [6.07, 6.45) is 5.03. The van der Waals surface area contributed by atoms with Crippen LogP contribution >= 0.6 is 11.6 Å². The van der Waals surface area contributed by atoms with Gasteiger partial charge in [0.25, 0.3) is 5.91 Å². The molecule has 29 heavy (non-hydrogen) atoms. The molecule has 1 amide bonds. The quantitative estimate of drug-likeness (QED) is 0.772. The fourth-order valence-corrected chi connectivity index (χ4v) is 3.91. The lowest BCUT2D eigenvalue weighted by molar-refractivity contribution is 0.0131. The van der Waals surface area contributed by atoms with Crippen LogP contribution in [0.4, 0.5) is 11.5 Å². The maximum absolute atomic E-state index is 12.4. The van der Waals surface area contributed by atoms with Crippen molar-refractivity contribution in [3.05, 3.63) is 53.2 Å². The Morgan fingerprint density at radius 2 is 2.10 bits per heavy atom. The molecule has 154 valence electrons. The van der Waals surface area contributed by atoms with Gasteiger partial charge in [-0.25, -0.2) is 4.98 Å². The summed E-state index contributed by atoms with van der Waals surface area (Å²) in [5.74, 6) is 1.25. The van der Waals surface area contributed by atoms with Crippen LogP contribution in [-0.2, 0) is 9.47 Å². The van der Waals surface area contributed by atoms with Gasteiger partial charge in [0, 0.05) is 42.5 Å². The molecule has 2 saturated heterocycles. The van der Waals surface area contributed by atoms with Crippen LogP contribution in [0.15, 0.2) is 42.6 Å². The second-order valence-corrected chi connectivity index (χ2v) is 8.06. The van der Waals surface area contributed by atoms with E-state index in [1.54, 1.807) is 30.5 Å². The van der Waals surface area contributed by atoms with E-state index in [4.69, 9.17) is 21.1 Å². The normalized spacial score (nSPS) is 20.0. The van der Waals surface area contributed by atoms with E-state index in [-0.39, 0.29) is 5.91 Å². The third-order valence-electron chi connectivity index (χ3n) is 5.45. The number of carbonyl (C=O) groups excluding carboxylic acids is 1. The number of halogens is 1. The third-order valence-corrected chi connectivity index (χ3v) is 5.69. The highest BCUT2D eigenvalue weighted by atomic mass is 35.5. The summed E-state index contributed by atoms with van der Waals surface area (Å²) in [4.78, 5) is 19.1. The number of rotatable bonds is 6. The fraction of sp³-hybridized carbons (Fsp3) is 0.455. The molecule has 7 heteroatoms. The molecule has 1 N–H and O–H groups in total. The number of hydrogen-bond acceptors (Lipinski definition) is 5. The van der Waals surface area contributed by atoms with E-state index in [0.29, 0.717) is 28.3 Å². The molecule has 1 unspecified atom stereocenters. The fourth-order valence-electron chi connectivity index (χ4n) is 3.72. The molecule has 1 aromatic heterocycles. The van der Waals surface area contributed by atoms with Gasteiger partial charge in [-0.05, 0) is 49.6 Å². The van der Waals surface area contributed by atoms with Crippen LogP contribution in [0.5, 0.6) is 0 Å². The first-order chi connectivity index (χ1) is 14.2. The lowest BCUT2D eigenvalue weighted by Crippen LogP contribution is -2.38. The molecule has 1 atom stereocenters. The summed E-state index contributed by atoms with van der Waals surface area (Å²) in [5.41, 5.74) is 1.18. The van der Waals surface area contributed by atoms with E-state index in [2.05, 4.69) is 15.2 Å². The van der Waals surface area contributed by atoms with E-state index >= 15 is 0 Å². The first-order valence-electron chi connectivity index (χ1n) is 10.1. The maximum Gasteiger partial charge on any atom is 0.257 e. The van der Waals surface area contributed by atoms with Crippen LogP contribution in [0, 0.1) is 5.92 Å². The standard InChI is InChI=1S/C22H26ClN3O3/c23-18-2-1-3-19(12-18)25-22(27)17-4-5-21(24-13-17)26-9-6-20(7-10-26)29-15-16-8-11-28-14-16/h1-5,12-13,16,20H,6-11,14-15H2,(H,25,27). The largest absolute Gasteiger partial charge is 0.381 e. The van der Waals surface area contributed by atoms with Gasteiger partial charge >= 0.3 is 0 Å². The van der Waals surface area contributed by atoms with E-state index < -0.39 is 0 Å². The molecule has 1 aromatic carbocycles. The number of pyridine rings is 1. The Morgan fingerprint density at radius 1 is 1.24 bits per heavy atom. The first kappa shape index (κ1) is 20.1. The molecule has 2 fully saturated rings. The van der Waals surface area contributed by atoms with Crippen molar-refractivity contribution in [2.24, 2.45) is 5.92 Å². The van der Waals surface area contributed by atoms with Crippen LogP contribution in [0.3, 0.4) is 0 Å². The molecule has 3 heterocycles. The molecule has 0 radical (unpaired) electrons. The number of ether oxygens (including phenoxy) is 2. The number of aromatic nitrogens is 1. The minimum absolute atomic E-state index is 0.200. The summed E-state index contributed by atoms with van der Waals surface area (Å²) in [6, 6.07) is 10.8. The Labute approximate surface area is 176 Å². The van der Waals surface area contributed by atoms with Gasteiger partial charge in [-0.2, -0.15) is 0 Å². The lowest BCUT2D eigenvalue weighted by atomic mass is 10.1. The summed E-state index contributed by atoms with van der Waals surface area (Å²) < 4.78 is 11.5. The Hall–Kier alpha value is -2.15. The van der Waals surface area contributed by atoms with Crippen molar-refractivity contribution < 1.29 is 14.3 Å². The van der Waals surface area contributed by atoms with Crippen molar-refractivity contribution in [3.63, 3.8) is 0 Å². The second-order valence-electron chi connectivity index (χ2n) is 7.62. The van der Waals surface area contributed by atoms with E-state index in [0.717, 1.165) is 58.0 Å². The molecule has 4 rings (SSSR count). The van der Waals surface area contributed by atoms with Gasteiger partial charge in [0.05, 0.1) is 24.9 Å². The third kappa shape index (κ3) is 5.47. The predicted molar refractivity (Wildman–Crippen MR) is 114 cm³/mol. The molecule has 2 aliphatic heterocycles. The van der Waals surface area contributed by atoms with Crippen LogP contribution in [0.1, 0.15) is 29.6 Å². The van der Waals surface area contributed by atoms with Crippen molar-refractivity contribution in [2.75, 3.05) is 43.1 Å². The molecule has 0 saturated carbocycles. The van der Waals surface area contributed by atoms with Gasteiger partial charge in [-0.15, -0.1) is 0 Å². The smallest absolute Gasteiger partial charge is 0.257 e. The molecule has 0 spiro atoms. The lowest BCUT2D eigenvalue weighted by Gasteiger charge is -2.33. The highest BCUT2D eigenvalue weighted by Gasteiger charge is 2.23. The topological polar surface area (TPSA) is 63.7 Å². The number of carbonyl (C=O) groups is 1. The first-order valence-corrected chi connectivity index (χ1v) is 10.5. The number of nitrogens with zero attached hydrogens (tertiary/aromatic N) is 2. The van der Waals surface area contributed by atoms with Crippen molar-refractivity contribution in [1.82, 2.24) is 4.98 Å². The zero-order valence-corrected chi connectivity index (χ0v) is 17.1. The molecular weight excluding hydrogens is 390 g/mol. The van der Waals surface area contributed by atoms with Gasteiger partial charge < -0.3 is 19.7 Å². The summed E-state index contributed by atoms with van der Waals surface area (Å²) in [6.45, 7) is 4.32.